The molecule has 9 heteroatoms. The third-order valence-corrected chi connectivity index (χ3v) is 7.02. The maximum Gasteiger partial charge on any atom is 0.264 e. The molecule has 4 aromatic rings. The zero-order valence-corrected chi connectivity index (χ0v) is 19.2. The van der Waals surface area contributed by atoms with Crippen LogP contribution in [0, 0.1) is 6.92 Å². The molecule has 1 aliphatic rings. The van der Waals surface area contributed by atoms with Crippen molar-refractivity contribution in [3.63, 3.8) is 0 Å². The molecule has 5 rings (SSSR count). The van der Waals surface area contributed by atoms with E-state index in [0.717, 1.165) is 22.4 Å². The van der Waals surface area contributed by atoms with Gasteiger partial charge in [-0.25, -0.2) is 17.8 Å². The number of sulfonamides is 1. The summed E-state index contributed by atoms with van der Waals surface area (Å²) in [7, 11) is -3.84. The van der Waals surface area contributed by atoms with E-state index in [-0.39, 0.29) is 16.9 Å². The maximum absolute atomic E-state index is 12.9. The van der Waals surface area contributed by atoms with Crippen LogP contribution >= 0.6 is 11.6 Å². The second-order valence-electron chi connectivity index (χ2n) is 7.66. The number of hydrogen-bond acceptors (Lipinski definition) is 5. The van der Waals surface area contributed by atoms with Crippen LogP contribution in [0.3, 0.4) is 0 Å². The molecule has 3 aromatic carbocycles. The number of rotatable bonds is 5. The molecule has 166 valence electrons. The Kier molecular flexibility index (Phi) is 5.39. The number of anilines is 2. The van der Waals surface area contributed by atoms with Crippen molar-refractivity contribution in [2.75, 3.05) is 10.0 Å². The Hall–Kier alpha value is -3.62. The number of allylic oxidation sites excluding steroid dienone is 1. The van der Waals surface area contributed by atoms with Gasteiger partial charge in [-0.15, -0.1) is 5.10 Å². The molecule has 1 aliphatic heterocycles. The van der Waals surface area contributed by atoms with Crippen LogP contribution < -0.4 is 10.0 Å². The minimum Gasteiger partial charge on any atom is -0.324 e. The number of hydrogen-bond donors (Lipinski definition) is 2. The van der Waals surface area contributed by atoms with Gasteiger partial charge in [0, 0.05) is 10.7 Å². The monoisotopic (exact) mass is 477 g/mol. The van der Waals surface area contributed by atoms with Crippen molar-refractivity contribution in [2.24, 2.45) is 0 Å². The first-order chi connectivity index (χ1) is 15.9. The molecule has 0 spiro atoms. The number of fused-ring (bicyclic) bond motifs is 1. The first-order valence-corrected chi connectivity index (χ1v) is 12.1. The summed E-state index contributed by atoms with van der Waals surface area (Å²) in [5, 5.41) is 8.29. The summed E-state index contributed by atoms with van der Waals surface area (Å²) >= 11 is 6.50. The minimum absolute atomic E-state index is 0.0298. The lowest BCUT2D eigenvalue weighted by Gasteiger charge is -2.24. The molecular formula is C24H20ClN5O2S. The van der Waals surface area contributed by atoms with Crippen LogP contribution in [-0.2, 0) is 10.0 Å². The third kappa shape index (κ3) is 4.22. The van der Waals surface area contributed by atoms with E-state index in [9.17, 15) is 8.42 Å². The standard InChI is InChI=1S/C24H20ClN5O2S/c1-16-11-13-18(14-12-16)33(31,32)29-23-27-24-26-21(17-7-3-2-4-8-17)15-22(30(24)28-23)19-9-5-6-10-20(19)25/h2-15,22H,1H3,(H2,26,27,28,29)/t22-/m1/s1. The predicted octanol–water partition coefficient (Wildman–Crippen LogP) is 5.10. The van der Waals surface area contributed by atoms with Crippen molar-refractivity contribution in [1.82, 2.24) is 14.8 Å². The fourth-order valence-electron chi connectivity index (χ4n) is 3.66. The summed E-state index contributed by atoms with van der Waals surface area (Å²) in [6.07, 6.45) is 2.00. The van der Waals surface area contributed by atoms with Crippen LogP contribution in [0.5, 0.6) is 0 Å². The Balaban J connectivity index is 1.55. The molecule has 1 atom stereocenters. The fourth-order valence-corrected chi connectivity index (χ4v) is 4.84. The molecule has 0 saturated heterocycles. The number of halogens is 1. The summed E-state index contributed by atoms with van der Waals surface area (Å²) < 4.78 is 29.8. The van der Waals surface area contributed by atoms with Gasteiger partial charge in [0.15, 0.2) is 0 Å². The Morgan fingerprint density at radius 2 is 1.67 bits per heavy atom. The van der Waals surface area contributed by atoms with Gasteiger partial charge in [-0.05, 0) is 42.3 Å². The quantitative estimate of drug-likeness (QED) is 0.417. The van der Waals surface area contributed by atoms with Gasteiger partial charge in [0.05, 0.1) is 4.90 Å². The second kappa shape index (κ2) is 8.38. The van der Waals surface area contributed by atoms with E-state index in [2.05, 4.69) is 20.1 Å². The second-order valence-corrected chi connectivity index (χ2v) is 9.75. The van der Waals surface area contributed by atoms with Gasteiger partial charge in [0.25, 0.3) is 16.0 Å². The Labute approximate surface area is 196 Å². The van der Waals surface area contributed by atoms with Crippen LogP contribution in [0.25, 0.3) is 5.70 Å². The number of nitrogens with one attached hydrogen (secondary N) is 2. The Morgan fingerprint density at radius 1 is 0.970 bits per heavy atom. The molecule has 1 aromatic heterocycles. The lowest BCUT2D eigenvalue weighted by Crippen LogP contribution is -2.20. The fraction of sp³-hybridized carbons (Fsp3) is 0.0833. The van der Waals surface area contributed by atoms with Crippen LogP contribution in [0.15, 0.2) is 89.8 Å². The van der Waals surface area contributed by atoms with Crippen molar-refractivity contribution < 1.29 is 8.42 Å². The van der Waals surface area contributed by atoms with Crippen LogP contribution in [0.4, 0.5) is 11.9 Å². The normalized spacial score (nSPS) is 15.3. The zero-order chi connectivity index (χ0) is 23.0. The lowest BCUT2D eigenvalue weighted by atomic mass is 10.0. The highest BCUT2D eigenvalue weighted by Crippen LogP contribution is 2.36. The average Bonchev–Trinajstić information content (AvgIpc) is 3.21. The van der Waals surface area contributed by atoms with E-state index < -0.39 is 10.0 Å². The van der Waals surface area contributed by atoms with Crippen LogP contribution in [0.2, 0.25) is 5.02 Å². The highest BCUT2D eigenvalue weighted by Gasteiger charge is 2.28. The van der Waals surface area contributed by atoms with Gasteiger partial charge >= 0.3 is 0 Å². The summed E-state index contributed by atoms with van der Waals surface area (Å²) in [6, 6.07) is 23.5. The van der Waals surface area contributed by atoms with E-state index in [4.69, 9.17) is 11.6 Å². The largest absolute Gasteiger partial charge is 0.324 e. The lowest BCUT2D eigenvalue weighted by molar-refractivity contribution is 0.598. The van der Waals surface area contributed by atoms with Gasteiger partial charge in [0.1, 0.15) is 6.04 Å². The molecule has 2 heterocycles. The van der Waals surface area contributed by atoms with Crippen LogP contribution in [0.1, 0.15) is 22.7 Å². The van der Waals surface area contributed by atoms with Gasteiger partial charge < -0.3 is 5.32 Å². The molecule has 0 unspecified atom stereocenters. The number of nitrogens with zero attached hydrogens (tertiary/aromatic N) is 3. The summed E-state index contributed by atoms with van der Waals surface area (Å²) in [5.41, 5.74) is 3.59. The predicted molar refractivity (Wildman–Crippen MR) is 130 cm³/mol. The van der Waals surface area contributed by atoms with E-state index in [1.807, 2.05) is 67.6 Å². The molecule has 0 aliphatic carbocycles. The van der Waals surface area contributed by atoms with Crippen molar-refractivity contribution in [1.29, 1.82) is 0 Å². The number of aromatic nitrogens is 3. The average molecular weight is 478 g/mol. The Morgan fingerprint density at radius 3 is 2.39 bits per heavy atom. The summed E-state index contributed by atoms with van der Waals surface area (Å²) in [5.74, 6) is 0.376. The first kappa shape index (κ1) is 21.2. The molecule has 0 bridgehead atoms. The van der Waals surface area contributed by atoms with Gasteiger partial charge in [-0.2, -0.15) is 4.98 Å². The van der Waals surface area contributed by atoms with Crippen molar-refractivity contribution in [2.45, 2.75) is 17.9 Å². The Bertz CT molecular complexity index is 1450. The van der Waals surface area contributed by atoms with Crippen LogP contribution in [-0.4, -0.2) is 23.2 Å². The maximum atomic E-state index is 12.9. The molecule has 2 N–H and O–H groups in total. The topological polar surface area (TPSA) is 88.9 Å². The molecular weight excluding hydrogens is 458 g/mol. The molecule has 0 saturated carbocycles. The van der Waals surface area contributed by atoms with Crippen molar-refractivity contribution >= 4 is 39.2 Å². The molecule has 0 amide bonds. The van der Waals surface area contributed by atoms with E-state index in [1.54, 1.807) is 28.9 Å². The number of benzene rings is 3. The summed E-state index contributed by atoms with van der Waals surface area (Å²) in [6.45, 7) is 1.90. The zero-order valence-electron chi connectivity index (χ0n) is 17.6. The smallest absolute Gasteiger partial charge is 0.264 e. The number of aryl methyl sites for hydroxylation is 1. The highest BCUT2D eigenvalue weighted by atomic mass is 35.5. The summed E-state index contributed by atoms with van der Waals surface area (Å²) in [4.78, 5) is 4.57. The van der Waals surface area contributed by atoms with E-state index >= 15 is 0 Å². The van der Waals surface area contributed by atoms with Gasteiger partial charge in [-0.1, -0.05) is 77.8 Å². The van der Waals surface area contributed by atoms with Gasteiger partial charge in [-0.3, -0.25) is 0 Å². The SMILES string of the molecule is Cc1ccc(S(=O)(=O)Nc2nc3n(n2)[C@@H](c2ccccc2Cl)C=C(c2ccccc2)N3)cc1. The van der Waals surface area contributed by atoms with Gasteiger partial charge in [0.2, 0.25) is 5.95 Å². The minimum atomic E-state index is -3.84. The molecule has 33 heavy (non-hydrogen) atoms. The third-order valence-electron chi connectivity index (χ3n) is 5.33. The van der Waals surface area contributed by atoms with E-state index in [1.165, 1.54) is 0 Å². The molecule has 0 radical (unpaired) electrons. The van der Waals surface area contributed by atoms with Crippen molar-refractivity contribution in [3.05, 3.63) is 107 Å². The molecule has 0 fully saturated rings. The van der Waals surface area contributed by atoms with E-state index in [0.29, 0.717) is 11.0 Å². The first-order valence-electron chi connectivity index (χ1n) is 10.3. The molecule has 7 nitrogen and oxygen atoms in total. The highest BCUT2D eigenvalue weighted by molar-refractivity contribution is 7.92. The van der Waals surface area contributed by atoms with Crippen molar-refractivity contribution in [3.8, 4) is 0 Å².